The van der Waals surface area contributed by atoms with Crippen LogP contribution in [0.4, 0.5) is 0 Å². The van der Waals surface area contributed by atoms with Crippen LogP contribution in [0.1, 0.15) is 5.56 Å². The molecule has 0 amide bonds. The maximum Gasteiger partial charge on any atom is 0.0502 e. The SMILES string of the molecule is Cc1cc(Cl)c2cc[nH]c2c1. The minimum atomic E-state index is 0.821. The van der Waals surface area contributed by atoms with Crippen LogP contribution in [0.15, 0.2) is 24.4 Å². The lowest BCUT2D eigenvalue weighted by Gasteiger charge is -1.95. The zero-order valence-electron chi connectivity index (χ0n) is 6.19. The van der Waals surface area contributed by atoms with Gasteiger partial charge in [0.05, 0.1) is 5.02 Å². The first-order valence-electron chi connectivity index (χ1n) is 3.50. The Kier molecular flexibility index (Phi) is 1.40. The summed E-state index contributed by atoms with van der Waals surface area (Å²) < 4.78 is 0. The highest BCUT2D eigenvalue weighted by Crippen LogP contribution is 2.23. The Morgan fingerprint density at radius 2 is 2.18 bits per heavy atom. The molecule has 0 radical (unpaired) electrons. The van der Waals surface area contributed by atoms with Crippen molar-refractivity contribution in [1.29, 1.82) is 0 Å². The minimum absolute atomic E-state index is 0.821. The summed E-state index contributed by atoms with van der Waals surface area (Å²) in [5.41, 5.74) is 2.29. The number of nitrogens with one attached hydrogen (secondary N) is 1. The molecule has 0 unspecified atom stereocenters. The van der Waals surface area contributed by atoms with Crippen LogP contribution in [0.2, 0.25) is 5.02 Å². The minimum Gasteiger partial charge on any atom is -0.361 e. The second-order valence-electron chi connectivity index (χ2n) is 2.69. The van der Waals surface area contributed by atoms with E-state index in [2.05, 4.69) is 11.1 Å². The van der Waals surface area contributed by atoms with E-state index >= 15 is 0 Å². The molecular weight excluding hydrogens is 158 g/mol. The first-order chi connectivity index (χ1) is 5.27. The van der Waals surface area contributed by atoms with Gasteiger partial charge >= 0.3 is 0 Å². The van der Waals surface area contributed by atoms with Gasteiger partial charge in [0.15, 0.2) is 0 Å². The summed E-state index contributed by atoms with van der Waals surface area (Å²) >= 11 is 5.98. The summed E-state index contributed by atoms with van der Waals surface area (Å²) in [5.74, 6) is 0. The number of hydrogen-bond donors (Lipinski definition) is 1. The highest BCUT2D eigenvalue weighted by molar-refractivity contribution is 6.35. The van der Waals surface area contributed by atoms with Gasteiger partial charge in [-0.3, -0.25) is 0 Å². The van der Waals surface area contributed by atoms with Gasteiger partial charge in [-0.1, -0.05) is 11.6 Å². The highest BCUT2D eigenvalue weighted by Gasteiger charge is 1.99. The molecule has 1 N–H and O–H groups in total. The number of halogens is 1. The lowest BCUT2D eigenvalue weighted by atomic mass is 10.2. The molecule has 0 spiro atoms. The van der Waals surface area contributed by atoms with E-state index in [0.29, 0.717) is 0 Å². The largest absolute Gasteiger partial charge is 0.361 e. The van der Waals surface area contributed by atoms with Gasteiger partial charge in [0, 0.05) is 17.1 Å². The van der Waals surface area contributed by atoms with Crippen molar-refractivity contribution in [3.05, 3.63) is 35.0 Å². The normalized spacial score (nSPS) is 10.7. The van der Waals surface area contributed by atoms with Crippen molar-refractivity contribution in [3.63, 3.8) is 0 Å². The number of fused-ring (bicyclic) bond motifs is 1. The molecule has 0 bridgehead atoms. The molecule has 1 heterocycles. The van der Waals surface area contributed by atoms with Gasteiger partial charge in [-0.05, 0) is 30.7 Å². The molecule has 0 saturated carbocycles. The number of benzene rings is 1. The number of hydrogen-bond acceptors (Lipinski definition) is 0. The molecule has 1 nitrogen and oxygen atoms in total. The average Bonchev–Trinajstić information content (AvgIpc) is 2.34. The summed E-state index contributed by atoms with van der Waals surface area (Å²) in [6.07, 6.45) is 1.90. The van der Waals surface area contributed by atoms with Gasteiger partial charge in [0.2, 0.25) is 0 Å². The monoisotopic (exact) mass is 165 g/mol. The first kappa shape index (κ1) is 6.74. The van der Waals surface area contributed by atoms with Crippen LogP contribution >= 0.6 is 11.6 Å². The van der Waals surface area contributed by atoms with Gasteiger partial charge < -0.3 is 4.98 Å². The molecule has 0 aliphatic rings. The maximum atomic E-state index is 5.98. The molecule has 0 saturated heterocycles. The van der Waals surface area contributed by atoms with Crippen molar-refractivity contribution in [1.82, 2.24) is 4.98 Å². The lowest BCUT2D eigenvalue weighted by Crippen LogP contribution is -1.73. The average molecular weight is 166 g/mol. The van der Waals surface area contributed by atoms with Gasteiger partial charge in [-0.25, -0.2) is 0 Å². The third-order valence-electron chi connectivity index (χ3n) is 1.76. The molecule has 1 aromatic carbocycles. The summed E-state index contributed by atoms with van der Waals surface area (Å²) in [4.78, 5) is 3.12. The number of aryl methyl sites for hydroxylation is 1. The van der Waals surface area contributed by atoms with Crippen molar-refractivity contribution in [2.75, 3.05) is 0 Å². The molecule has 2 heteroatoms. The predicted molar refractivity (Wildman–Crippen MR) is 48.0 cm³/mol. The second-order valence-corrected chi connectivity index (χ2v) is 3.09. The quantitative estimate of drug-likeness (QED) is 0.618. The molecule has 0 aliphatic carbocycles. The molecular formula is C9H8ClN. The molecule has 0 aliphatic heterocycles. The first-order valence-corrected chi connectivity index (χ1v) is 3.88. The summed E-state index contributed by atoms with van der Waals surface area (Å²) in [5, 5.41) is 1.92. The molecule has 11 heavy (non-hydrogen) atoms. The topological polar surface area (TPSA) is 15.8 Å². The fourth-order valence-electron chi connectivity index (χ4n) is 1.26. The molecule has 2 aromatic rings. The zero-order chi connectivity index (χ0) is 7.84. The Labute approximate surface area is 70.0 Å². The van der Waals surface area contributed by atoms with E-state index < -0.39 is 0 Å². The van der Waals surface area contributed by atoms with Gasteiger partial charge in [-0.15, -0.1) is 0 Å². The zero-order valence-corrected chi connectivity index (χ0v) is 6.94. The third-order valence-corrected chi connectivity index (χ3v) is 2.08. The molecule has 0 atom stereocenters. The van der Waals surface area contributed by atoms with E-state index in [1.165, 1.54) is 5.56 Å². The Morgan fingerprint density at radius 1 is 1.36 bits per heavy atom. The number of rotatable bonds is 0. The fourth-order valence-corrected chi connectivity index (χ4v) is 1.59. The predicted octanol–water partition coefficient (Wildman–Crippen LogP) is 3.13. The number of aromatic nitrogens is 1. The van der Waals surface area contributed by atoms with Crippen LogP contribution in [0, 0.1) is 6.92 Å². The van der Waals surface area contributed by atoms with E-state index in [1.807, 2.05) is 25.3 Å². The molecule has 1 aromatic heterocycles. The van der Waals surface area contributed by atoms with Crippen LogP contribution in [-0.2, 0) is 0 Å². The smallest absolute Gasteiger partial charge is 0.0502 e. The Hall–Kier alpha value is -0.950. The summed E-state index contributed by atoms with van der Waals surface area (Å²) in [7, 11) is 0. The van der Waals surface area contributed by atoms with Crippen LogP contribution in [0.3, 0.4) is 0 Å². The van der Waals surface area contributed by atoms with E-state index in [9.17, 15) is 0 Å². The van der Waals surface area contributed by atoms with Gasteiger partial charge in [0.25, 0.3) is 0 Å². The van der Waals surface area contributed by atoms with Crippen molar-refractivity contribution < 1.29 is 0 Å². The summed E-state index contributed by atoms with van der Waals surface area (Å²) in [6.45, 7) is 2.03. The van der Waals surface area contributed by atoms with Crippen molar-refractivity contribution in [2.45, 2.75) is 6.92 Å². The van der Waals surface area contributed by atoms with Crippen molar-refractivity contribution in [3.8, 4) is 0 Å². The Balaban J connectivity index is 2.91. The van der Waals surface area contributed by atoms with Crippen LogP contribution in [0.5, 0.6) is 0 Å². The Morgan fingerprint density at radius 3 is 3.00 bits per heavy atom. The lowest BCUT2D eigenvalue weighted by molar-refractivity contribution is 1.44. The van der Waals surface area contributed by atoms with E-state index in [1.54, 1.807) is 0 Å². The third kappa shape index (κ3) is 1.02. The molecule has 56 valence electrons. The van der Waals surface area contributed by atoms with Crippen LogP contribution in [-0.4, -0.2) is 4.98 Å². The number of H-pyrrole nitrogens is 1. The van der Waals surface area contributed by atoms with Crippen molar-refractivity contribution >= 4 is 22.5 Å². The van der Waals surface area contributed by atoms with Crippen LogP contribution < -0.4 is 0 Å². The van der Waals surface area contributed by atoms with Crippen molar-refractivity contribution in [2.24, 2.45) is 0 Å². The Bertz CT molecular complexity index is 389. The van der Waals surface area contributed by atoms with E-state index in [0.717, 1.165) is 15.9 Å². The maximum absolute atomic E-state index is 5.98. The van der Waals surface area contributed by atoms with Gasteiger partial charge in [-0.2, -0.15) is 0 Å². The van der Waals surface area contributed by atoms with E-state index in [4.69, 9.17) is 11.6 Å². The second kappa shape index (κ2) is 2.28. The summed E-state index contributed by atoms with van der Waals surface area (Å²) in [6, 6.07) is 6.04. The highest BCUT2D eigenvalue weighted by atomic mass is 35.5. The standard InChI is InChI=1S/C9H8ClN/c1-6-4-8(10)7-2-3-11-9(7)5-6/h2-5,11H,1H3. The van der Waals surface area contributed by atoms with Gasteiger partial charge in [0.1, 0.15) is 0 Å². The number of aromatic amines is 1. The molecule has 2 rings (SSSR count). The van der Waals surface area contributed by atoms with E-state index in [-0.39, 0.29) is 0 Å². The molecule has 0 fully saturated rings. The van der Waals surface area contributed by atoms with Crippen LogP contribution in [0.25, 0.3) is 10.9 Å². The fraction of sp³-hybridized carbons (Fsp3) is 0.111.